The number of hydrogen-bond acceptors (Lipinski definition) is 6. The number of anilines is 2. The van der Waals surface area contributed by atoms with Crippen molar-refractivity contribution in [1.82, 2.24) is 5.32 Å². The van der Waals surface area contributed by atoms with Crippen LogP contribution < -0.4 is 15.5 Å². The molecule has 2 aliphatic heterocycles. The van der Waals surface area contributed by atoms with Gasteiger partial charge in [-0.25, -0.2) is 0 Å². The Bertz CT molecular complexity index is 1280. The van der Waals surface area contributed by atoms with E-state index >= 15 is 0 Å². The van der Waals surface area contributed by atoms with Crippen molar-refractivity contribution >= 4 is 46.2 Å². The van der Waals surface area contributed by atoms with Crippen molar-refractivity contribution in [3.8, 4) is 0 Å². The van der Waals surface area contributed by atoms with E-state index in [0.29, 0.717) is 10.6 Å². The highest BCUT2D eigenvalue weighted by atomic mass is 32.1. The van der Waals surface area contributed by atoms with E-state index in [0.717, 1.165) is 41.1 Å². The molecule has 5 rings (SSSR count). The van der Waals surface area contributed by atoms with Gasteiger partial charge in [0.15, 0.2) is 5.76 Å². The van der Waals surface area contributed by atoms with Crippen molar-refractivity contribution < 1.29 is 23.6 Å². The van der Waals surface area contributed by atoms with Gasteiger partial charge >= 0.3 is 11.8 Å². The van der Waals surface area contributed by atoms with Crippen LogP contribution in [0, 0.1) is 0 Å². The lowest BCUT2D eigenvalue weighted by Crippen LogP contribution is -2.35. The number of amides is 3. The van der Waals surface area contributed by atoms with Gasteiger partial charge in [-0.2, -0.15) is 0 Å². The molecule has 1 atom stereocenters. The van der Waals surface area contributed by atoms with Crippen LogP contribution in [0.1, 0.15) is 50.7 Å². The molecule has 33 heavy (non-hydrogen) atoms. The normalized spacial score (nSPS) is 16.5. The summed E-state index contributed by atoms with van der Waals surface area (Å²) in [6, 6.07) is 10.3. The van der Waals surface area contributed by atoms with E-state index in [1.165, 1.54) is 17.6 Å². The Balaban J connectivity index is 1.22. The van der Waals surface area contributed by atoms with Crippen LogP contribution in [0.4, 0.5) is 11.4 Å². The summed E-state index contributed by atoms with van der Waals surface area (Å²) in [5.41, 5.74) is 3.37. The number of ketones is 1. The number of furan rings is 1. The first-order valence-corrected chi connectivity index (χ1v) is 11.5. The van der Waals surface area contributed by atoms with Crippen LogP contribution in [0.25, 0.3) is 0 Å². The molecule has 0 fully saturated rings. The topological polar surface area (TPSA) is 109 Å². The lowest BCUT2D eigenvalue weighted by atomic mass is 9.96. The summed E-state index contributed by atoms with van der Waals surface area (Å²) in [5, 5.41) is 5.24. The molecule has 0 saturated heterocycles. The Labute approximate surface area is 193 Å². The highest BCUT2D eigenvalue weighted by Gasteiger charge is 2.38. The Hall–Kier alpha value is -3.72. The van der Waals surface area contributed by atoms with Crippen LogP contribution in [0.15, 0.2) is 47.1 Å². The Morgan fingerprint density at radius 3 is 2.82 bits per heavy atom. The lowest BCUT2D eigenvalue weighted by molar-refractivity contribution is -0.136. The lowest BCUT2D eigenvalue weighted by Gasteiger charge is -2.26. The molecule has 0 radical (unpaired) electrons. The third-order valence-corrected chi connectivity index (χ3v) is 7.02. The minimum absolute atomic E-state index is 0.0769. The number of carbonyl (C=O) groups is 4. The highest BCUT2D eigenvalue weighted by molar-refractivity contribution is 7.14. The maximum Gasteiger partial charge on any atom is 0.313 e. The standard InChI is InChI=1S/C24H21N3O5S/c1-13-17-11-15(10-14-4-2-8-27(20(14)17)24(13)31)26-23(30)22(29)25-12-16-6-7-19(33-16)21(28)18-5-3-9-32-18/h3,5-7,9-11,13H,2,4,8,12H2,1H3,(H,25,29)(H,26,30). The van der Waals surface area contributed by atoms with Gasteiger partial charge in [0, 0.05) is 17.1 Å². The predicted octanol–water partition coefficient (Wildman–Crippen LogP) is 3.22. The molecule has 0 spiro atoms. The largest absolute Gasteiger partial charge is 0.461 e. The second-order valence-corrected chi connectivity index (χ2v) is 9.27. The number of nitrogens with zero attached hydrogens (tertiary/aromatic N) is 1. The van der Waals surface area contributed by atoms with Crippen molar-refractivity contribution in [2.75, 3.05) is 16.8 Å². The molecule has 1 aromatic carbocycles. The zero-order chi connectivity index (χ0) is 23.1. The fraction of sp³-hybridized carbons (Fsp3) is 0.250. The van der Waals surface area contributed by atoms with Crippen LogP contribution in [0.5, 0.6) is 0 Å². The van der Waals surface area contributed by atoms with Crippen molar-refractivity contribution in [3.63, 3.8) is 0 Å². The van der Waals surface area contributed by atoms with Gasteiger partial charge in [0.05, 0.1) is 29.3 Å². The number of carbonyl (C=O) groups excluding carboxylic acids is 4. The maximum absolute atomic E-state index is 12.5. The van der Waals surface area contributed by atoms with Crippen molar-refractivity contribution in [3.05, 3.63) is 69.3 Å². The van der Waals surface area contributed by atoms with Gasteiger partial charge in [-0.1, -0.05) is 0 Å². The van der Waals surface area contributed by atoms with E-state index in [1.807, 2.05) is 17.9 Å². The first-order chi connectivity index (χ1) is 15.9. The van der Waals surface area contributed by atoms with E-state index in [-0.39, 0.29) is 29.9 Å². The summed E-state index contributed by atoms with van der Waals surface area (Å²) in [5.74, 6) is -1.73. The molecule has 3 amide bonds. The van der Waals surface area contributed by atoms with Crippen molar-refractivity contribution in [2.45, 2.75) is 32.2 Å². The first kappa shape index (κ1) is 21.1. The highest BCUT2D eigenvalue weighted by Crippen LogP contribution is 2.44. The number of thiophene rings is 1. The van der Waals surface area contributed by atoms with Gasteiger partial charge < -0.3 is 20.0 Å². The molecule has 9 heteroatoms. The van der Waals surface area contributed by atoms with Crippen LogP contribution >= 0.6 is 11.3 Å². The number of rotatable bonds is 5. The number of benzene rings is 1. The van der Waals surface area contributed by atoms with Gasteiger partial charge in [0.2, 0.25) is 11.7 Å². The molecule has 2 N–H and O–H groups in total. The van der Waals surface area contributed by atoms with E-state index in [2.05, 4.69) is 10.6 Å². The SMILES string of the molecule is CC1C(=O)N2CCCc3cc(NC(=O)C(=O)NCc4ccc(C(=O)c5ccco5)s4)cc1c32. The average Bonchev–Trinajstić information content (AvgIpc) is 3.56. The molecule has 0 saturated carbocycles. The maximum atomic E-state index is 12.5. The molecule has 1 unspecified atom stereocenters. The number of hydrogen-bond donors (Lipinski definition) is 2. The van der Waals surface area contributed by atoms with Crippen LogP contribution in [-0.4, -0.2) is 30.0 Å². The summed E-state index contributed by atoms with van der Waals surface area (Å²) in [7, 11) is 0. The summed E-state index contributed by atoms with van der Waals surface area (Å²) in [4.78, 5) is 52.7. The van der Waals surface area contributed by atoms with Crippen molar-refractivity contribution in [2.24, 2.45) is 0 Å². The monoisotopic (exact) mass is 463 g/mol. The van der Waals surface area contributed by atoms with Gasteiger partial charge in [0.25, 0.3) is 0 Å². The van der Waals surface area contributed by atoms with E-state index in [4.69, 9.17) is 4.42 Å². The van der Waals surface area contributed by atoms with E-state index < -0.39 is 11.8 Å². The molecule has 0 bridgehead atoms. The number of aryl methyl sites for hydroxylation is 1. The smallest absolute Gasteiger partial charge is 0.313 e. The predicted molar refractivity (Wildman–Crippen MR) is 122 cm³/mol. The van der Waals surface area contributed by atoms with E-state index in [9.17, 15) is 19.2 Å². The van der Waals surface area contributed by atoms with Gasteiger partial charge in [0.1, 0.15) is 0 Å². The Morgan fingerprint density at radius 1 is 1.18 bits per heavy atom. The molecule has 2 aromatic heterocycles. The molecular formula is C24H21N3O5S. The average molecular weight is 464 g/mol. The molecule has 4 heterocycles. The summed E-state index contributed by atoms with van der Waals surface area (Å²) < 4.78 is 5.12. The Morgan fingerprint density at radius 2 is 2.03 bits per heavy atom. The minimum Gasteiger partial charge on any atom is -0.461 e. The van der Waals surface area contributed by atoms with Crippen LogP contribution in [0.3, 0.4) is 0 Å². The summed E-state index contributed by atoms with van der Waals surface area (Å²) in [6.45, 7) is 2.70. The second kappa shape index (κ2) is 8.32. The van der Waals surface area contributed by atoms with E-state index in [1.54, 1.807) is 30.3 Å². The zero-order valence-corrected chi connectivity index (χ0v) is 18.7. The van der Waals surface area contributed by atoms with Gasteiger partial charge in [-0.05, 0) is 67.3 Å². The molecular weight excluding hydrogens is 442 g/mol. The molecule has 0 aliphatic carbocycles. The second-order valence-electron chi connectivity index (χ2n) is 8.10. The molecule has 3 aromatic rings. The third kappa shape index (κ3) is 3.84. The summed E-state index contributed by atoms with van der Waals surface area (Å²) >= 11 is 1.23. The quantitative estimate of drug-likeness (QED) is 0.446. The number of nitrogens with one attached hydrogen (secondary N) is 2. The van der Waals surface area contributed by atoms with Crippen LogP contribution in [-0.2, 0) is 27.3 Å². The fourth-order valence-corrected chi connectivity index (χ4v) is 5.22. The third-order valence-electron chi connectivity index (χ3n) is 5.94. The Kier molecular flexibility index (Phi) is 5.33. The fourth-order valence-electron chi connectivity index (χ4n) is 4.33. The van der Waals surface area contributed by atoms with Crippen LogP contribution in [0.2, 0.25) is 0 Å². The minimum atomic E-state index is -0.782. The zero-order valence-electron chi connectivity index (χ0n) is 17.8. The molecule has 2 aliphatic rings. The summed E-state index contributed by atoms with van der Waals surface area (Å²) in [6.07, 6.45) is 3.13. The van der Waals surface area contributed by atoms with Crippen molar-refractivity contribution in [1.29, 1.82) is 0 Å². The molecule has 8 nitrogen and oxygen atoms in total. The molecule has 168 valence electrons. The first-order valence-electron chi connectivity index (χ1n) is 10.7. The van der Waals surface area contributed by atoms with Gasteiger partial charge in [-0.15, -0.1) is 11.3 Å². The van der Waals surface area contributed by atoms with Gasteiger partial charge in [-0.3, -0.25) is 19.2 Å².